The summed E-state index contributed by atoms with van der Waals surface area (Å²) in [5.41, 5.74) is 6.82. The number of hydrogen-bond acceptors (Lipinski definition) is 5. The van der Waals surface area contributed by atoms with Gasteiger partial charge in [-0.3, -0.25) is 4.79 Å². The van der Waals surface area contributed by atoms with E-state index in [4.69, 9.17) is 5.73 Å². The van der Waals surface area contributed by atoms with Crippen LogP contribution in [0.5, 0.6) is 0 Å². The molecule has 1 aromatic heterocycles. The van der Waals surface area contributed by atoms with Gasteiger partial charge < -0.3 is 10.6 Å². The molecule has 18 heavy (non-hydrogen) atoms. The minimum atomic E-state index is 0.0761. The minimum absolute atomic E-state index is 0.0761. The van der Waals surface area contributed by atoms with E-state index in [1.165, 1.54) is 11.5 Å². The number of nitrogens with two attached hydrogens (primary N) is 1. The third-order valence-corrected chi connectivity index (χ3v) is 4.25. The maximum Gasteiger partial charge on any atom is 0.267 e. The SMILES string of the molecule is CCCc1nnsc1C(=O)N1CCC(N)C(C)C1. The molecule has 2 unspecified atom stereocenters. The molecule has 1 aliphatic heterocycles. The molecule has 2 rings (SSSR count). The van der Waals surface area contributed by atoms with Crippen LogP contribution in [0.2, 0.25) is 0 Å². The molecule has 1 aromatic rings. The lowest BCUT2D eigenvalue weighted by molar-refractivity contribution is 0.0667. The molecular weight excluding hydrogens is 248 g/mol. The zero-order chi connectivity index (χ0) is 13.1. The Kier molecular flexibility index (Phi) is 4.29. The summed E-state index contributed by atoms with van der Waals surface area (Å²) in [7, 11) is 0. The van der Waals surface area contributed by atoms with Crippen molar-refractivity contribution in [2.45, 2.75) is 39.2 Å². The number of nitrogens with zero attached hydrogens (tertiary/aromatic N) is 3. The normalized spacial score (nSPS) is 24.3. The smallest absolute Gasteiger partial charge is 0.267 e. The van der Waals surface area contributed by atoms with Crippen molar-refractivity contribution >= 4 is 17.4 Å². The summed E-state index contributed by atoms with van der Waals surface area (Å²) in [6.07, 6.45) is 2.68. The first-order valence-electron chi connectivity index (χ1n) is 6.49. The molecule has 0 radical (unpaired) electrons. The fourth-order valence-electron chi connectivity index (χ4n) is 2.26. The van der Waals surface area contributed by atoms with Gasteiger partial charge in [0.15, 0.2) is 0 Å². The molecule has 0 aliphatic carbocycles. The van der Waals surface area contributed by atoms with Crippen molar-refractivity contribution in [3.05, 3.63) is 10.6 Å². The molecule has 1 aliphatic rings. The predicted molar refractivity (Wildman–Crippen MR) is 71.6 cm³/mol. The number of hydrogen-bond donors (Lipinski definition) is 1. The Bertz CT molecular complexity index is 420. The van der Waals surface area contributed by atoms with Gasteiger partial charge in [0, 0.05) is 19.1 Å². The number of aromatic nitrogens is 2. The van der Waals surface area contributed by atoms with Crippen LogP contribution in [-0.2, 0) is 6.42 Å². The molecule has 1 fully saturated rings. The molecule has 6 heteroatoms. The van der Waals surface area contributed by atoms with Gasteiger partial charge in [0.1, 0.15) is 4.88 Å². The molecule has 0 aromatic carbocycles. The van der Waals surface area contributed by atoms with Gasteiger partial charge in [-0.1, -0.05) is 24.8 Å². The standard InChI is InChI=1S/C12H20N4OS/c1-3-4-10-11(18-15-14-10)12(17)16-6-5-9(13)8(2)7-16/h8-9H,3-7,13H2,1-2H3. The summed E-state index contributed by atoms with van der Waals surface area (Å²) in [4.78, 5) is 15.0. The Morgan fingerprint density at radius 1 is 1.61 bits per heavy atom. The summed E-state index contributed by atoms with van der Waals surface area (Å²) in [6, 6.07) is 0.212. The summed E-state index contributed by atoms with van der Waals surface area (Å²) in [5, 5.41) is 4.05. The van der Waals surface area contributed by atoms with E-state index in [0.717, 1.165) is 38.0 Å². The van der Waals surface area contributed by atoms with Gasteiger partial charge in [-0.05, 0) is 30.3 Å². The van der Waals surface area contributed by atoms with Crippen LogP contribution in [0.15, 0.2) is 0 Å². The average Bonchev–Trinajstić information content (AvgIpc) is 2.80. The van der Waals surface area contributed by atoms with E-state index < -0.39 is 0 Å². The van der Waals surface area contributed by atoms with Gasteiger partial charge in [0.2, 0.25) is 0 Å². The van der Waals surface area contributed by atoms with Crippen LogP contribution in [0, 0.1) is 5.92 Å². The third-order valence-electron chi connectivity index (χ3n) is 3.50. The fourth-order valence-corrected chi connectivity index (χ4v) is 2.94. The van der Waals surface area contributed by atoms with Crippen molar-refractivity contribution in [3.63, 3.8) is 0 Å². The first kappa shape index (κ1) is 13.4. The highest BCUT2D eigenvalue weighted by molar-refractivity contribution is 7.08. The fraction of sp³-hybridized carbons (Fsp3) is 0.750. The first-order chi connectivity index (χ1) is 8.63. The van der Waals surface area contributed by atoms with Crippen LogP contribution in [0.4, 0.5) is 0 Å². The van der Waals surface area contributed by atoms with Gasteiger partial charge >= 0.3 is 0 Å². The maximum atomic E-state index is 12.4. The minimum Gasteiger partial charge on any atom is -0.337 e. The largest absolute Gasteiger partial charge is 0.337 e. The molecule has 0 spiro atoms. The summed E-state index contributed by atoms with van der Waals surface area (Å²) < 4.78 is 3.91. The number of amides is 1. The second kappa shape index (κ2) is 5.75. The number of carbonyl (C=O) groups is 1. The highest BCUT2D eigenvalue weighted by atomic mass is 32.1. The van der Waals surface area contributed by atoms with Crippen LogP contribution < -0.4 is 5.73 Å². The van der Waals surface area contributed by atoms with E-state index in [-0.39, 0.29) is 11.9 Å². The van der Waals surface area contributed by atoms with Crippen molar-refractivity contribution in [1.29, 1.82) is 0 Å². The Morgan fingerprint density at radius 2 is 2.39 bits per heavy atom. The second-order valence-electron chi connectivity index (χ2n) is 4.98. The van der Waals surface area contributed by atoms with E-state index in [0.29, 0.717) is 10.8 Å². The quantitative estimate of drug-likeness (QED) is 0.897. The van der Waals surface area contributed by atoms with Crippen LogP contribution in [0.3, 0.4) is 0 Å². The third kappa shape index (κ3) is 2.70. The maximum absolute atomic E-state index is 12.4. The predicted octanol–water partition coefficient (Wildman–Crippen LogP) is 1.30. The molecule has 2 N–H and O–H groups in total. The molecule has 100 valence electrons. The number of likely N-dealkylation sites (tertiary alicyclic amines) is 1. The molecule has 1 saturated heterocycles. The van der Waals surface area contributed by atoms with Crippen LogP contribution in [-0.4, -0.2) is 39.5 Å². The Labute approximate surface area is 112 Å². The van der Waals surface area contributed by atoms with Crippen LogP contribution in [0.1, 0.15) is 42.1 Å². The van der Waals surface area contributed by atoms with Crippen molar-refractivity contribution in [1.82, 2.24) is 14.5 Å². The van der Waals surface area contributed by atoms with Gasteiger partial charge in [0.25, 0.3) is 5.91 Å². The van der Waals surface area contributed by atoms with E-state index >= 15 is 0 Å². The van der Waals surface area contributed by atoms with Gasteiger partial charge in [-0.2, -0.15) is 0 Å². The van der Waals surface area contributed by atoms with E-state index in [2.05, 4.69) is 23.4 Å². The van der Waals surface area contributed by atoms with E-state index in [9.17, 15) is 4.79 Å². The Morgan fingerprint density at radius 3 is 3.06 bits per heavy atom. The highest BCUT2D eigenvalue weighted by Gasteiger charge is 2.29. The molecule has 0 saturated carbocycles. The molecule has 5 nitrogen and oxygen atoms in total. The summed E-state index contributed by atoms with van der Waals surface area (Å²) >= 11 is 1.21. The lowest BCUT2D eigenvalue weighted by Gasteiger charge is -2.34. The lowest BCUT2D eigenvalue weighted by atomic mass is 9.94. The van der Waals surface area contributed by atoms with E-state index in [1.54, 1.807) is 0 Å². The molecule has 2 atom stereocenters. The van der Waals surface area contributed by atoms with Gasteiger partial charge in [-0.25, -0.2) is 0 Å². The first-order valence-corrected chi connectivity index (χ1v) is 7.27. The number of rotatable bonds is 3. The highest BCUT2D eigenvalue weighted by Crippen LogP contribution is 2.20. The van der Waals surface area contributed by atoms with Gasteiger partial charge in [0.05, 0.1) is 5.69 Å². The van der Waals surface area contributed by atoms with Gasteiger partial charge in [-0.15, -0.1) is 5.10 Å². The van der Waals surface area contributed by atoms with E-state index in [1.807, 2.05) is 4.90 Å². The monoisotopic (exact) mass is 268 g/mol. The van der Waals surface area contributed by atoms with Crippen molar-refractivity contribution in [2.24, 2.45) is 11.7 Å². The van der Waals surface area contributed by atoms with Crippen molar-refractivity contribution in [2.75, 3.05) is 13.1 Å². The van der Waals surface area contributed by atoms with Crippen LogP contribution >= 0.6 is 11.5 Å². The number of piperidine rings is 1. The summed E-state index contributed by atoms with van der Waals surface area (Å²) in [6.45, 7) is 5.66. The molecule has 2 heterocycles. The zero-order valence-corrected chi connectivity index (χ0v) is 11.7. The summed E-state index contributed by atoms with van der Waals surface area (Å²) in [5.74, 6) is 0.436. The number of aryl methyl sites for hydroxylation is 1. The zero-order valence-electron chi connectivity index (χ0n) is 10.9. The Hall–Kier alpha value is -1.01. The topological polar surface area (TPSA) is 72.1 Å². The Balaban J connectivity index is 2.09. The average molecular weight is 268 g/mol. The number of carbonyl (C=O) groups excluding carboxylic acids is 1. The molecular formula is C12H20N4OS. The van der Waals surface area contributed by atoms with Crippen molar-refractivity contribution in [3.8, 4) is 0 Å². The van der Waals surface area contributed by atoms with Crippen molar-refractivity contribution < 1.29 is 4.79 Å². The molecule has 1 amide bonds. The van der Waals surface area contributed by atoms with Crippen LogP contribution in [0.25, 0.3) is 0 Å². The molecule has 0 bridgehead atoms. The lowest BCUT2D eigenvalue weighted by Crippen LogP contribution is -2.48. The second-order valence-corrected chi connectivity index (χ2v) is 5.73.